The molecule has 20 heavy (non-hydrogen) atoms. The van der Waals surface area contributed by atoms with Gasteiger partial charge in [-0.1, -0.05) is 24.2 Å². The fourth-order valence-corrected chi connectivity index (χ4v) is 3.57. The zero-order chi connectivity index (χ0) is 14.6. The molecule has 5 nitrogen and oxygen atoms in total. The predicted molar refractivity (Wildman–Crippen MR) is 77.5 cm³/mol. The Morgan fingerprint density at radius 1 is 1.30 bits per heavy atom. The second-order valence-electron chi connectivity index (χ2n) is 4.83. The monoisotopic (exact) mass is 297 g/mol. The van der Waals surface area contributed by atoms with Crippen LogP contribution in [0.15, 0.2) is 23.4 Å². The molecule has 0 saturated carbocycles. The van der Waals surface area contributed by atoms with E-state index in [0.29, 0.717) is 24.3 Å². The molecule has 2 rings (SSSR count). The second-order valence-corrected chi connectivity index (χ2v) is 7.13. The van der Waals surface area contributed by atoms with E-state index in [1.165, 1.54) is 0 Å². The first-order valence-corrected chi connectivity index (χ1v) is 8.56. The van der Waals surface area contributed by atoms with E-state index in [-0.39, 0.29) is 18.1 Å². The number of hydrogen-bond donors (Lipinski definition) is 1. The number of sulfone groups is 1. The lowest BCUT2D eigenvalue weighted by molar-refractivity contribution is 0.318. The van der Waals surface area contributed by atoms with Gasteiger partial charge in [0.05, 0.1) is 17.2 Å². The van der Waals surface area contributed by atoms with Crippen LogP contribution in [0.3, 0.4) is 0 Å². The Balaban J connectivity index is 2.04. The van der Waals surface area contributed by atoms with Gasteiger partial charge in [0.1, 0.15) is 12.4 Å². The molecule has 0 radical (unpaired) electrons. The molecule has 0 fully saturated rings. The molecule has 0 amide bonds. The maximum absolute atomic E-state index is 11.6. The third-order valence-electron chi connectivity index (χ3n) is 3.34. The average molecular weight is 297 g/mol. The minimum atomic E-state index is -3.02. The molecule has 0 heterocycles. The summed E-state index contributed by atoms with van der Waals surface area (Å²) in [7, 11) is -3.02. The Morgan fingerprint density at radius 2 is 2.10 bits per heavy atom. The first-order valence-electron chi connectivity index (χ1n) is 6.74. The normalized spacial score (nSPS) is 16.4. The molecule has 0 aliphatic heterocycles. The average Bonchev–Trinajstić information content (AvgIpc) is 2.82. The molecule has 6 heteroatoms. The molecule has 110 valence electrons. The van der Waals surface area contributed by atoms with Gasteiger partial charge in [0.2, 0.25) is 0 Å². The van der Waals surface area contributed by atoms with E-state index in [9.17, 15) is 8.42 Å². The van der Waals surface area contributed by atoms with Crippen molar-refractivity contribution in [2.24, 2.45) is 5.16 Å². The highest BCUT2D eigenvalue weighted by Gasteiger charge is 2.22. The molecule has 1 aromatic carbocycles. The van der Waals surface area contributed by atoms with E-state index < -0.39 is 9.84 Å². The van der Waals surface area contributed by atoms with Gasteiger partial charge in [0, 0.05) is 11.1 Å². The Morgan fingerprint density at radius 3 is 2.80 bits per heavy atom. The number of nitrogens with zero attached hydrogens (tertiary/aromatic N) is 1. The number of oxime groups is 1. The minimum absolute atomic E-state index is 0.0332. The maximum atomic E-state index is 11.6. The van der Waals surface area contributed by atoms with Gasteiger partial charge in [0.15, 0.2) is 9.84 Å². The lowest BCUT2D eigenvalue weighted by Crippen LogP contribution is -2.17. The molecular weight excluding hydrogens is 278 g/mol. The van der Waals surface area contributed by atoms with Crippen molar-refractivity contribution in [3.05, 3.63) is 29.3 Å². The van der Waals surface area contributed by atoms with Crippen LogP contribution >= 0.6 is 0 Å². The Hall–Kier alpha value is -1.56. The zero-order valence-electron chi connectivity index (χ0n) is 11.5. The lowest BCUT2D eigenvalue weighted by atomic mass is 10.1. The fraction of sp³-hybridized carbons (Fsp3) is 0.500. The third-order valence-corrected chi connectivity index (χ3v) is 5.16. The van der Waals surface area contributed by atoms with Gasteiger partial charge in [-0.05, 0) is 25.3 Å². The van der Waals surface area contributed by atoms with Crippen LogP contribution < -0.4 is 4.74 Å². The van der Waals surface area contributed by atoms with E-state index in [1.54, 1.807) is 0 Å². The number of ether oxygens (including phenoxy) is 1. The molecule has 1 aromatic rings. The second kappa shape index (κ2) is 6.26. The van der Waals surface area contributed by atoms with E-state index in [4.69, 9.17) is 9.94 Å². The Bertz CT molecular complexity index is 608. The summed E-state index contributed by atoms with van der Waals surface area (Å²) in [4.78, 5) is 0. The van der Waals surface area contributed by atoms with E-state index >= 15 is 0 Å². The van der Waals surface area contributed by atoms with E-state index in [2.05, 4.69) is 5.16 Å². The van der Waals surface area contributed by atoms with Gasteiger partial charge in [-0.3, -0.25) is 0 Å². The number of hydrogen-bond acceptors (Lipinski definition) is 5. The summed E-state index contributed by atoms with van der Waals surface area (Å²) in [6.07, 6.45) is 2.06. The van der Waals surface area contributed by atoms with E-state index in [1.807, 2.05) is 25.1 Å². The van der Waals surface area contributed by atoms with E-state index in [0.717, 1.165) is 17.5 Å². The van der Waals surface area contributed by atoms with Gasteiger partial charge in [0.25, 0.3) is 0 Å². The van der Waals surface area contributed by atoms with Crippen molar-refractivity contribution in [3.63, 3.8) is 0 Å². The summed E-state index contributed by atoms with van der Waals surface area (Å²) >= 11 is 0. The summed E-state index contributed by atoms with van der Waals surface area (Å²) in [5, 5.41) is 12.2. The van der Waals surface area contributed by atoms with Crippen LogP contribution in [-0.2, 0) is 16.3 Å². The molecular formula is C14H19NO4S. The van der Waals surface area contributed by atoms with Crippen molar-refractivity contribution in [2.75, 3.05) is 18.1 Å². The van der Waals surface area contributed by atoms with Crippen molar-refractivity contribution in [1.29, 1.82) is 0 Å². The third kappa shape index (κ3) is 3.30. The number of rotatable bonds is 6. The van der Waals surface area contributed by atoms with Gasteiger partial charge in [-0.25, -0.2) is 8.42 Å². The van der Waals surface area contributed by atoms with Crippen LogP contribution in [0.2, 0.25) is 0 Å². The first kappa shape index (κ1) is 14.8. The number of benzene rings is 1. The molecule has 0 aromatic heterocycles. The largest absolute Gasteiger partial charge is 0.492 e. The van der Waals surface area contributed by atoms with Crippen LogP contribution in [0.1, 0.15) is 30.9 Å². The molecule has 0 bridgehead atoms. The quantitative estimate of drug-likeness (QED) is 0.644. The molecule has 0 spiro atoms. The SMILES string of the molecule is CCCS(=O)(=O)CCOc1cccc2c1CC/C2=N\O. The van der Waals surface area contributed by atoms with Crippen molar-refractivity contribution >= 4 is 15.5 Å². The molecule has 1 N–H and O–H groups in total. The minimum Gasteiger partial charge on any atom is -0.492 e. The first-order chi connectivity index (χ1) is 9.57. The summed E-state index contributed by atoms with van der Waals surface area (Å²) in [5.74, 6) is 0.920. The van der Waals surface area contributed by atoms with Crippen molar-refractivity contribution in [3.8, 4) is 5.75 Å². The summed E-state index contributed by atoms with van der Waals surface area (Å²) < 4.78 is 28.8. The zero-order valence-corrected chi connectivity index (χ0v) is 12.3. The predicted octanol–water partition coefficient (Wildman–Crippen LogP) is 2.01. The molecule has 1 aliphatic carbocycles. The smallest absolute Gasteiger partial charge is 0.153 e. The van der Waals surface area contributed by atoms with Gasteiger partial charge < -0.3 is 9.94 Å². The standard InChI is InChI=1S/C14H19NO4S/c1-2-9-20(17,18)10-8-19-14-5-3-4-11-12(14)6-7-13(11)15-16/h3-5,16H,2,6-10H2,1H3/b15-13+. The Kier molecular flexibility index (Phi) is 4.65. The van der Waals surface area contributed by atoms with Gasteiger partial charge >= 0.3 is 0 Å². The van der Waals surface area contributed by atoms with Crippen molar-refractivity contribution in [2.45, 2.75) is 26.2 Å². The highest BCUT2D eigenvalue weighted by atomic mass is 32.2. The van der Waals surface area contributed by atoms with Crippen LogP contribution in [0, 0.1) is 0 Å². The summed E-state index contributed by atoms with van der Waals surface area (Å²) in [6, 6.07) is 5.54. The molecule has 0 saturated heterocycles. The maximum Gasteiger partial charge on any atom is 0.153 e. The van der Waals surface area contributed by atoms with Crippen LogP contribution in [0.4, 0.5) is 0 Å². The fourth-order valence-electron chi connectivity index (χ4n) is 2.40. The Labute approximate surface area is 119 Å². The molecule has 0 atom stereocenters. The van der Waals surface area contributed by atoms with Crippen molar-refractivity contribution in [1.82, 2.24) is 0 Å². The van der Waals surface area contributed by atoms with Crippen LogP contribution in [0.5, 0.6) is 5.75 Å². The summed E-state index contributed by atoms with van der Waals surface area (Å²) in [5.41, 5.74) is 2.54. The van der Waals surface area contributed by atoms with Gasteiger partial charge in [-0.2, -0.15) is 0 Å². The molecule has 1 aliphatic rings. The van der Waals surface area contributed by atoms with Crippen LogP contribution in [0.25, 0.3) is 0 Å². The highest BCUT2D eigenvalue weighted by molar-refractivity contribution is 7.91. The lowest BCUT2D eigenvalue weighted by Gasteiger charge is -2.10. The summed E-state index contributed by atoms with van der Waals surface area (Å²) in [6.45, 7) is 2.00. The molecule has 0 unspecified atom stereocenters. The van der Waals surface area contributed by atoms with Gasteiger partial charge in [-0.15, -0.1) is 0 Å². The highest BCUT2D eigenvalue weighted by Crippen LogP contribution is 2.30. The van der Waals surface area contributed by atoms with Crippen LogP contribution in [-0.4, -0.2) is 37.4 Å². The number of fused-ring (bicyclic) bond motifs is 1. The topological polar surface area (TPSA) is 76.0 Å². The van der Waals surface area contributed by atoms with Crippen molar-refractivity contribution < 1.29 is 18.4 Å².